The Morgan fingerprint density at radius 3 is 2.73 bits per heavy atom. The zero-order chi connectivity index (χ0) is 16.3. The second-order valence-electron chi connectivity index (χ2n) is 5.55. The second kappa shape index (κ2) is 6.92. The maximum Gasteiger partial charge on any atom is 0.254 e. The number of halogens is 2. The number of carbonyl (C=O) groups excluding carboxylic acids is 1. The molecule has 22 heavy (non-hydrogen) atoms. The van der Waals surface area contributed by atoms with Crippen molar-refractivity contribution >= 4 is 17.5 Å². The average Bonchev–Trinajstić information content (AvgIpc) is 2.74. The molecule has 1 heterocycles. The zero-order valence-corrected chi connectivity index (χ0v) is 13.6. The summed E-state index contributed by atoms with van der Waals surface area (Å²) >= 11 is 5.67. The van der Waals surface area contributed by atoms with Crippen molar-refractivity contribution in [2.24, 2.45) is 5.92 Å². The molecule has 118 valence electrons. The lowest BCUT2D eigenvalue weighted by atomic mass is 10.1. The first-order chi connectivity index (χ1) is 10.4. The molecule has 0 bridgehead atoms. The van der Waals surface area contributed by atoms with Gasteiger partial charge in [0, 0.05) is 23.8 Å². The minimum atomic E-state index is -0.615. The largest absolute Gasteiger partial charge is 0.352 e. The number of hydrogen-bond acceptors (Lipinski definition) is 2. The predicted octanol–water partition coefficient (Wildman–Crippen LogP) is 3.36. The number of nitrogens with zero attached hydrogens (tertiary/aromatic N) is 2. The monoisotopic (exact) mass is 323 g/mol. The quantitative estimate of drug-likeness (QED) is 0.917. The van der Waals surface area contributed by atoms with Crippen molar-refractivity contribution in [3.05, 3.63) is 52.1 Å². The molecule has 0 saturated heterocycles. The van der Waals surface area contributed by atoms with Crippen LogP contribution in [-0.4, -0.2) is 22.2 Å². The first kappa shape index (κ1) is 16.5. The van der Waals surface area contributed by atoms with E-state index in [1.165, 1.54) is 12.1 Å². The summed E-state index contributed by atoms with van der Waals surface area (Å²) in [6.45, 7) is 7.09. The first-order valence-corrected chi connectivity index (χ1v) is 7.49. The zero-order valence-electron chi connectivity index (χ0n) is 12.9. The summed E-state index contributed by atoms with van der Waals surface area (Å²) in [6, 6.07) is 6.03. The minimum absolute atomic E-state index is 0.00251. The maximum absolute atomic E-state index is 13.7. The molecular formula is C16H19ClFN3O. The molecule has 0 spiro atoms. The second-order valence-corrected chi connectivity index (χ2v) is 5.99. The fraction of sp³-hybridized carbons (Fsp3) is 0.375. The molecule has 1 amide bonds. The van der Waals surface area contributed by atoms with Crippen molar-refractivity contribution in [1.29, 1.82) is 0 Å². The summed E-state index contributed by atoms with van der Waals surface area (Å²) < 4.78 is 15.6. The highest BCUT2D eigenvalue weighted by Crippen LogP contribution is 2.14. The first-order valence-electron chi connectivity index (χ1n) is 7.11. The van der Waals surface area contributed by atoms with Crippen molar-refractivity contribution in [2.75, 3.05) is 6.54 Å². The van der Waals surface area contributed by atoms with Gasteiger partial charge in [0.2, 0.25) is 0 Å². The van der Waals surface area contributed by atoms with E-state index in [-0.39, 0.29) is 16.5 Å². The van der Waals surface area contributed by atoms with Gasteiger partial charge in [-0.3, -0.25) is 9.48 Å². The van der Waals surface area contributed by atoms with E-state index < -0.39 is 11.7 Å². The number of aryl methyl sites for hydroxylation is 2. The highest BCUT2D eigenvalue weighted by molar-refractivity contribution is 6.30. The summed E-state index contributed by atoms with van der Waals surface area (Å²) in [5.74, 6) is -0.872. The van der Waals surface area contributed by atoms with Gasteiger partial charge in [0.1, 0.15) is 5.82 Å². The van der Waals surface area contributed by atoms with Crippen LogP contribution in [0.4, 0.5) is 4.39 Å². The molecule has 0 radical (unpaired) electrons. The summed E-state index contributed by atoms with van der Waals surface area (Å²) in [5.41, 5.74) is 2.05. The van der Waals surface area contributed by atoms with Gasteiger partial charge in [-0.05, 0) is 44.0 Å². The van der Waals surface area contributed by atoms with Gasteiger partial charge in [0.25, 0.3) is 5.91 Å². The van der Waals surface area contributed by atoms with Crippen molar-refractivity contribution < 1.29 is 9.18 Å². The van der Waals surface area contributed by atoms with Crippen LogP contribution in [0.5, 0.6) is 0 Å². The van der Waals surface area contributed by atoms with Gasteiger partial charge >= 0.3 is 0 Å². The fourth-order valence-corrected chi connectivity index (χ4v) is 2.41. The number of aromatic nitrogens is 2. The molecule has 2 aromatic rings. The molecular weight excluding hydrogens is 305 g/mol. The third-order valence-electron chi connectivity index (χ3n) is 3.37. The Morgan fingerprint density at radius 1 is 1.41 bits per heavy atom. The molecule has 0 aliphatic heterocycles. The smallest absolute Gasteiger partial charge is 0.254 e. The van der Waals surface area contributed by atoms with E-state index in [4.69, 9.17) is 11.6 Å². The maximum atomic E-state index is 13.7. The molecule has 1 N–H and O–H groups in total. The van der Waals surface area contributed by atoms with E-state index in [0.29, 0.717) is 13.1 Å². The Balaban J connectivity index is 1.91. The lowest BCUT2D eigenvalue weighted by Gasteiger charge is -2.14. The van der Waals surface area contributed by atoms with E-state index in [1.54, 1.807) is 0 Å². The van der Waals surface area contributed by atoms with Gasteiger partial charge in [-0.25, -0.2) is 4.39 Å². The number of carbonyl (C=O) groups is 1. The highest BCUT2D eigenvalue weighted by atomic mass is 35.5. The summed E-state index contributed by atoms with van der Waals surface area (Å²) in [7, 11) is 0. The summed E-state index contributed by atoms with van der Waals surface area (Å²) in [4.78, 5) is 12.0. The molecule has 1 aromatic carbocycles. The number of hydrogen-bond donors (Lipinski definition) is 1. The van der Waals surface area contributed by atoms with Gasteiger partial charge in [0.15, 0.2) is 0 Å². The van der Waals surface area contributed by atoms with Crippen LogP contribution in [0.1, 0.15) is 28.7 Å². The summed E-state index contributed by atoms with van der Waals surface area (Å²) in [5, 5.41) is 7.40. The Bertz CT molecular complexity index is 684. The molecule has 2 rings (SSSR count). The molecule has 0 unspecified atom stereocenters. The average molecular weight is 324 g/mol. The van der Waals surface area contributed by atoms with E-state index in [9.17, 15) is 9.18 Å². The van der Waals surface area contributed by atoms with E-state index in [1.807, 2.05) is 31.5 Å². The third-order valence-corrected chi connectivity index (χ3v) is 3.61. The van der Waals surface area contributed by atoms with Crippen LogP contribution in [0.15, 0.2) is 24.3 Å². The lowest BCUT2D eigenvalue weighted by molar-refractivity contribution is 0.0942. The summed E-state index contributed by atoms with van der Waals surface area (Å²) in [6.07, 6.45) is 0. The topological polar surface area (TPSA) is 46.9 Å². The van der Waals surface area contributed by atoms with Crippen LogP contribution in [0.2, 0.25) is 5.02 Å². The predicted molar refractivity (Wildman–Crippen MR) is 84.6 cm³/mol. The molecule has 6 heteroatoms. The molecule has 0 fully saturated rings. The van der Waals surface area contributed by atoms with Crippen LogP contribution in [0, 0.1) is 25.6 Å². The number of nitrogens with one attached hydrogen (secondary N) is 1. The van der Waals surface area contributed by atoms with Gasteiger partial charge in [0.05, 0.1) is 11.3 Å². The van der Waals surface area contributed by atoms with Gasteiger partial charge in [-0.2, -0.15) is 5.10 Å². The van der Waals surface area contributed by atoms with Crippen LogP contribution >= 0.6 is 11.6 Å². The van der Waals surface area contributed by atoms with Gasteiger partial charge < -0.3 is 5.32 Å². The highest BCUT2D eigenvalue weighted by Gasteiger charge is 2.13. The molecule has 4 nitrogen and oxygen atoms in total. The molecule has 0 aliphatic carbocycles. The fourth-order valence-electron chi connectivity index (χ4n) is 2.26. The van der Waals surface area contributed by atoms with Crippen molar-refractivity contribution in [1.82, 2.24) is 15.1 Å². The SMILES string of the molecule is Cc1cc(C)n(C[C@@H](C)CNC(=O)c2ccc(Cl)cc2F)n1. The molecule has 0 saturated carbocycles. The standard InChI is InChI=1S/C16H19ClFN3O/c1-10(9-21-12(3)6-11(2)20-21)8-19-16(22)14-5-4-13(17)7-15(14)18/h4-7,10H,8-9H2,1-3H3,(H,19,22)/t10-/m0/s1. The van der Waals surface area contributed by atoms with Gasteiger partial charge in [-0.1, -0.05) is 18.5 Å². The molecule has 1 aromatic heterocycles. The van der Waals surface area contributed by atoms with Crippen LogP contribution in [-0.2, 0) is 6.54 Å². The molecule has 1 atom stereocenters. The van der Waals surface area contributed by atoms with E-state index in [2.05, 4.69) is 10.4 Å². The van der Waals surface area contributed by atoms with Crippen LogP contribution in [0.3, 0.4) is 0 Å². The van der Waals surface area contributed by atoms with E-state index >= 15 is 0 Å². The van der Waals surface area contributed by atoms with Crippen molar-refractivity contribution in [3.63, 3.8) is 0 Å². The Labute approximate surface area is 134 Å². The lowest BCUT2D eigenvalue weighted by Crippen LogP contribution is -2.30. The van der Waals surface area contributed by atoms with E-state index in [0.717, 1.165) is 17.5 Å². The Morgan fingerprint density at radius 2 is 2.14 bits per heavy atom. The third kappa shape index (κ3) is 4.07. The normalized spacial score (nSPS) is 12.2. The van der Waals surface area contributed by atoms with Gasteiger partial charge in [-0.15, -0.1) is 0 Å². The number of amides is 1. The molecule has 0 aliphatic rings. The van der Waals surface area contributed by atoms with Crippen molar-refractivity contribution in [3.8, 4) is 0 Å². The van der Waals surface area contributed by atoms with Crippen molar-refractivity contribution in [2.45, 2.75) is 27.3 Å². The number of benzene rings is 1. The minimum Gasteiger partial charge on any atom is -0.352 e. The Kier molecular flexibility index (Phi) is 5.19. The van der Waals surface area contributed by atoms with Crippen LogP contribution in [0.25, 0.3) is 0 Å². The van der Waals surface area contributed by atoms with Crippen LogP contribution < -0.4 is 5.32 Å². The number of rotatable bonds is 5. The Hall–Kier alpha value is -1.88.